The lowest BCUT2D eigenvalue weighted by molar-refractivity contribution is 0.861. The van der Waals surface area contributed by atoms with E-state index in [0.717, 1.165) is 6.42 Å². The lowest BCUT2D eigenvalue weighted by Gasteiger charge is -2.11. The molecule has 0 fully saturated rings. The lowest BCUT2D eigenvalue weighted by atomic mass is 10.00. The fraction of sp³-hybridized carbons (Fsp3) is 0.333. The molecule has 1 atom stereocenters. The average molecular weight is 265 g/mol. The van der Waals surface area contributed by atoms with E-state index < -0.39 is 0 Å². The third kappa shape index (κ3) is 3.34. The van der Waals surface area contributed by atoms with Crippen molar-refractivity contribution in [3.63, 3.8) is 0 Å². The second-order valence-corrected chi connectivity index (χ2v) is 6.13. The molecule has 0 N–H and O–H groups in total. The molecule has 90 valence electrons. The number of hydrogen-bond donors (Lipinski definition) is 0. The molecule has 1 aromatic heterocycles. The Kier molecular flexibility index (Phi) is 4.25. The predicted molar refractivity (Wildman–Crippen MR) is 77.1 cm³/mol. The highest BCUT2D eigenvalue weighted by Gasteiger charge is 2.10. The first kappa shape index (κ1) is 12.7. The summed E-state index contributed by atoms with van der Waals surface area (Å²) in [6.45, 7) is 4.41. The molecule has 2 heteroatoms. The normalized spacial score (nSPS) is 12.9. The maximum Gasteiger partial charge on any atom is 0.0633 e. The van der Waals surface area contributed by atoms with E-state index in [1.54, 1.807) is 11.3 Å². The molecule has 0 nitrogen and oxygen atoms in total. The SMILES string of the molecule is CC(C)c1ccc(C(Cl)Cc2cccs2)cc1. The minimum Gasteiger partial charge on any atom is -0.149 e. The Morgan fingerprint density at radius 3 is 2.24 bits per heavy atom. The van der Waals surface area contributed by atoms with Gasteiger partial charge in [-0.05, 0) is 28.5 Å². The molecular weight excluding hydrogens is 248 g/mol. The highest BCUT2D eigenvalue weighted by atomic mass is 35.5. The average Bonchev–Trinajstić information content (AvgIpc) is 2.82. The van der Waals surface area contributed by atoms with Crippen molar-refractivity contribution in [1.82, 2.24) is 0 Å². The first-order chi connectivity index (χ1) is 8.16. The van der Waals surface area contributed by atoms with Gasteiger partial charge >= 0.3 is 0 Å². The van der Waals surface area contributed by atoms with Gasteiger partial charge in [0.15, 0.2) is 0 Å². The van der Waals surface area contributed by atoms with E-state index in [2.05, 4.69) is 55.6 Å². The van der Waals surface area contributed by atoms with Crippen LogP contribution in [0.1, 0.15) is 41.1 Å². The van der Waals surface area contributed by atoms with Gasteiger partial charge in [0.05, 0.1) is 5.38 Å². The largest absolute Gasteiger partial charge is 0.149 e. The van der Waals surface area contributed by atoms with Gasteiger partial charge in [0.2, 0.25) is 0 Å². The molecule has 0 saturated carbocycles. The molecular formula is C15H17ClS. The summed E-state index contributed by atoms with van der Waals surface area (Å²) < 4.78 is 0. The summed E-state index contributed by atoms with van der Waals surface area (Å²) in [6, 6.07) is 12.9. The highest BCUT2D eigenvalue weighted by Crippen LogP contribution is 2.28. The van der Waals surface area contributed by atoms with Crippen LogP contribution in [-0.4, -0.2) is 0 Å². The van der Waals surface area contributed by atoms with Crippen molar-refractivity contribution in [2.75, 3.05) is 0 Å². The third-order valence-electron chi connectivity index (χ3n) is 2.93. The second-order valence-electron chi connectivity index (χ2n) is 4.57. The van der Waals surface area contributed by atoms with Crippen LogP contribution < -0.4 is 0 Å². The minimum absolute atomic E-state index is 0.0786. The number of alkyl halides is 1. The highest BCUT2D eigenvalue weighted by molar-refractivity contribution is 7.09. The van der Waals surface area contributed by atoms with E-state index >= 15 is 0 Å². The Balaban J connectivity index is 2.06. The molecule has 1 aromatic carbocycles. The summed E-state index contributed by atoms with van der Waals surface area (Å²) in [5, 5.41) is 2.18. The van der Waals surface area contributed by atoms with Crippen LogP contribution in [0.4, 0.5) is 0 Å². The smallest absolute Gasteiger partial charge is 0.0633 e. The molecule has 1 unspecified atom stereocenters. The van der Waals surface area contributed by atoms with E-state index in [-0.39, 0.29) is 5.38 Å². The number of thiophene rings is 1. The van der Waals surface area contributed by atoms with Gasteiger partial charge in [-0.25, -0.2) is 0 Å². The van der Waals surface area contributed by atoms with Crippen LogP contribution in [0.25, 0.3) is 0 Å². The third-order valence-corrected chi connectivity index (χ3v) is 4.23. The zero-order valence-electron chi connectivity index (χ0n) is 10.2. The van der Waals surface area contributed by atoms with Gasteiger partial charge in [-0.2, -0.15) is 0 Å². The van der Waals surface area contributed by atoms with Crippen molar-refractivity contribution in [2.24, 2.45) is 0 Å². The summed E-state index contributed by atoms with van der Waals surface area (Å²) >= 11 is 8.21. The monoisotopic (exact) mass is 264 g/mol. The van der Waals surface area contributed by atoms with Crippen LogP contribution in [0.2, 0.25) is 0 Å². The summed E-state index contributed by atoms with van der Waals surface area (Å²) in [5.74, 6) is 0.579. The van der Waals surface area contributed by atoms with Gasteiger partial charge in [0.1, 0.15) is 0 Å². The van der Waals surface area contributed by atoms with Gasteiger partial charge < -0.3 is 0 Å². The Morgan fingerprint density at radius 1 is 1.06 bits per heavy atom. The number of rotatable bonds is 4. The van der Waals surface area contributed by atoms with E-state index in [1.165, 1.54) is 16.0 Å². The van der Waals surface area contributed by atoms with E-state index in [4.69, 9.17) is 11.6 Å². The van der Waals surface area contributed by atoms with Crippen molar-refractivity contribution >= 4 is 22.9 Å². The van der Waals surface area contributed by atoms with Crippen molar-refractivity contribution in [3.8, 4) is 0 Å². The molecule has 0 aliphatic carbocycles. The molecule has 2 aromatic rings. The first-order valence-corrected chi connectivity index (χ1v) is 7.24. The fourth-order valence-corrected chi connectivity index (χ4v) is 2.97. The standard InChI is InChI=1S/C15H17ClS/c1-11(2)12-5-7-13(8-6-12)15(16)10-14-4-3-9-17-14/h3-9,11,15H,10H2,1-2H3. The zero-order valence-corrected chi connectivity index (χ0v) is 11.8. The summed E-state index contributed by atoms with van der Waals surface area (Å²) in [6.07, 6.45) is 0.917. The van der Waals surface area contributed by atoms with E-state index in [0.29, 0.717) is 5.92 Å². The molecule has 17 heavy (non-hydrogen) atoms. The van der Waals surface area contributed by atoms with Gasteiger partial charge in [-0.3, -0.25) is 0 Å². The Bertz CT molecular complexity index is 442. The van der Waals surface area contributed by atoms with Crippen LogP contribution in [0.15, 0.2) is 41.8 Å². The Hall–Kier alpha value is -0.790. The van der Waals surface area contributed by atoms with Crippen molar-refractivity contribution in [1.29, 1.82) is 0 Å². The topological polar surface area (TPSA) is 0 Å². The van der Waals surface area contributed by atoms with Crippen LogP contribution in [-0.2, 0) is 6.42 Å². The molecule has 0 aliphatic heterocycles. The van der Waals surface area contributed by atoms with Crippen LogP contribution >= 0.6 is 22.9 Å². The summed E-state index contributed by atoms with van der Waals surface area (Å²) in [5.41, 5.74) is 2.58. The molecule has 2 rings (SSSR count). The molecule has 0 saturated heterocycles. The van der Waals surface area contributed by atoms with Crippen molar-refractivity contribution in [2.45, 2.75) is 31.6 Å². The minimum atomic E-state index is 0.0786. The quantitative estimate of drug-likeness (QED) is 0.649. The number of hydrogen-bond acceptors (Lipinski definition) is 1. The van der Waals surface area contributed by atoms with Gasteiger partial charge in [0, 0.05) is 11.3 Å². The molecule has 1 heterocycles. The van der Waals surface area contributed by atoms with E-state index in [1.807, 2.05) is 0 Å². The molecule has 0 aliphatic rings. The lowest BCUT2D eigenvalue weighted by Crippen LogP contribution is -1.95. The maximum absolute atomic E-state index is 6.44. The van der Waals surface area contributed by atoms with Gasteiger partial charge in [-0.15, -0.1) is 22.9 Å². The first-order valence-electron chi connectivity index (χ1n) is 5.93. The Morgan fingerprint density at radius 2 is 1.71 bits per heavy atom. The zero-order chi connectivity index (χ0) is 12.3. The molecule has 0 spiro atoms. The Labute approximate surface area is 112 Å². The van der Waals surface area contributed by atoms with Gasteiger partial charge in [0.25, 0.3) is 0 Å². The molecule has 0 radical (unpaired) electrons. The fourth-order valence-electron chi connectivity index (χ4n) is 1.81. The van der Waals surface area contributed by atoms with Crippen molar-refractivity contribution in [3.05, 3.63) is 57.8 Å². The van der Waals surface area contributed by atoms with Crippen LogP contribution in [0, 0.1) is 0 Å². The van der Waals surface area contributed by atoms with Crippen LogP contribution in [0.3, 0.4) is 0 Å². The summed E-state index contributed by atoms with van der Waals surface area (Å²) in [7, 11) is 0. The molecule has 0 amide bonds. The summed E-state index contributed by atoms with van der Waals surface area (Å²) in [4.78, 5) is 1.35. The number of benzene rings is 1. The van der Waals surface area contributed by atoms with Crippen molar-refractivity contribution < 1.29 is 0 Å². The van der Waals surface area contributed by atoms with E-state index in [9.17, 15) is 0 Å². The van der Waals surface area contributed by atoms with Crippen LogP contribution in [0.5, 0.6) is 0 Å². The molecule has 0 bridgehead atoms. The maximum atomic E-state index is 6.44. The van der Waals surface area contributed by atoms with Gasteiger partial charge in [-0.1, -0.05) is 44.2 Å². The predicted octanol–water partition coefficient (Wildman–Crippen LogP) is 5.39. The second kappa shape index (κ2) is 5.70. The number of halogens is 1.